The summed E-state index contributed by atoms with van der Waals surface area (Å²) in [6.07, 6.45) is 6.60. The average molecular weight is 387 g/mol. The van der Waals surface area contributed by atoms with Crippen LogP contribution < -0.4 is 0 Å². The fourth-order valence-electron chi connectivity index (χ4n) is 4.06. The molecule has 0 radical (unpaired) electrons. The second-order valence-corrected chi connectivity index (χ2v) is 9.02. The van der Waals surface area contributed by atoms with Crippen molar-refractivity contribution in [2.24, 2.45) is 0 Å². The Balaban J connectivity index is 1.44. The molecule has 1 amide bonds. The van der Waals surface area contributed by atoms with Crippen LogP contribution in [0.2, 0.25) is 0 Å². The molecule has 0 saturated carbocycles. The lowest BCUT2D eigenvalue weighted by atomic mass is 10.1. The number of thiophene rings is 1. The van der Waals surface area contributed by atoms with Gasteiger partial charge in [-0.15, -0.1) is 22.7 Å². The number of carbonyl (C=O) groups is 1. The van der Waals surface area contributed by atoms with Gasteiger partial charge in [0, 0.05) is 49.2 Å². The Kier molecular flexibility index (Phi) is 4.30. The van der Waals surface area contributed by atoms with Crippen molar-refractivity contribution in [1.29, 1.82) is 0 Å². The molecule has 5 nitrogen and oxygen atoms in total. The predicted octanol–water partition coefficient (Wildman–Crippen LogP) is 3.64. The van der Waals surface area contributed by atoms with Gasteiger partial charge in [-0.1, -0.05) is 0 Å². The summed E-state index contributed by atoms with van der Waals surface area (Å²) in [7, 11) is 0. The number of imidazole rings is 1. The third-order valence-electron chi connectivity index (χ3n) is 5.47. The van der Waals surface area contributed by atoms with Gasteiger partial charge in [0.2, 0.25) is 0 Å². The second-order valence-electron chi connectivity index (χ2n) is 7.15. The zero-order valence-electron chi connectivity index (χ0n) is 14.7. The number of rotatable bonds is 3. The molecule has 3 aromatic heterocycles. The maximum Gasteiger partial charge on any atom is 0.274 e. The Labute approximate surface area is 160 Å². The minimum atomic E-state index is 0.115. The zero-order valence-corrected chi connectivity index (χ0v) is 16.3. The Morgan fingerprint density at radius 2 is 2.00 bits per heavy atom. The van der Waals surface area contributed by atoms with E-state index in [4.69, 9.17) is 4.98 Å². The van der Waals surface area contributed by atoms with Gasteiger partial charge in [0.05, 0.1) is 5.69 Å². The minimum absolute atomic E-state index is 0.115. The van der Waals surface area contributed by atoms with Crippen LogP contribution in [-0.4, -0.2) is 44.7 Å². The van der Waals surface area contributed by atoms with E-state index < -0.39 is 0 Å². The largest absolute Gasteiger partial charge is 0.337 e. The predicted molar refractivity (Wildman–Crippen MR) is 105 cm³/mol. The highest BCUT2D eigenvalue weighted by Crippen LogP contribution is 2.27. The molecule has 0 spiro atoms. The number of thiazole rings is 1. The van der Waals surface area contributed by atoms with Crippen molar-refractivity contribution in [3.8, 4) is 0 Å². The molecule has 0 N–H and O–H groups in total. The normalized spacial score (nSPS) is 18.4. The van der Waals surface area contributed by atoms with E-state index in [9.17, 15) is 4.79 Å². The molecule has 1 saturated heterocycles. The summed E-state index contributed by atoms with van der Waals surface area (Å²) in [5.41, 5.74) is 3.15. The van der Waals surface area contributed by atoms with Gasteiger partial charge >= 0.3 is 0 Å². The zero-order chi connectivity index (χ0) is 17.5. The van der Waals surface area contributed by atoms with Crippen LogP contribution in [0.25, 0.3) is 4.96 Å². The van der Waals surface area contributed by atoms with Gasteiger partial charge in [-0.2, -0.15) is 0 Å². The molecule has 3 aromatic rings. The summed E-state index contributed by atoms with van der Waals surface area (Å²) in [6, 6.07) is 2.24. The van der Waals surface area contributed by atoms with Crippen LogP contribution in [0.15, 0.2) is 23.0 Å². The molecule has 7 heteroatoms. The molecular formula is C19H22N4OS2. The summed E-state index contributed by atoms with van der Waals surface area (Å²) < 4.78 is 2.12. The first kappa shape index (κ1) is 16.5. The first-order valence-corrected chi connectivity index (χ1v) is 11.1. The van der Waals surface area contributed by atoms with E-state index in [0.29, 0.717) is 5.69 Å². The van der Waals surface area contributed by atoms with Crippen LogP contribution >= 0.6 is 22.7 Å². The lowest BCUT2D eigenvalue weighted by Gasteiger charge is -2.28. The van der Waals surface area contributed by atoms with Crippen molar-refractivity contribution in [2.75, 3.05) is 19.6 Å². The average Bonchev–Trinajstić information content (AvgIpc) is 3.38. The van der Waals surface area contributed by atoms with E-state index in [-0.39, 0.29) is 5.91 Å². The number of fused-ring (bicyclic) bond motifs is 2. The van der Waals surface area contributed by atoms with Crippen molar-refractivity contribution >= 4 is 33.5 Å². The number of amides is 1. The summed E-state index contributed by atoms with van der Waals surface area (Å²) >= 11 is 3.47. The smallest absolute Gasteiger partial charge is 0.274 e. The summed E-state index contributed by atoms with van der Waals surface area (Å²) in [6.45, 7) is 4.52. The van der Waals surface area contributed by atoms with Crippen LogP contribution in [0.5, 0.6) is 0 Å². The molecule has 0 aromatic carbocycles. The molecule has 0 bridgehead atoms. The maximum absolute atomic E-state index is 13.1. The molecule has 5 rings (SSSR count). The van der Waals surface area contributed by atoms with E-state index in [2.05, 4.69) is 26.9 Å². The summed E-state index contributed by atoms with van der Waals surface area (Å²) in [4.78, 5) is 24.7. The molecule has 0 aliphatic carbocycles. The maximum atomic E-state index is 13.1. The van der Waals surface area contributed by atoms with Gasteiger partial charge in [0.25, 0.3) is 5.91 Å². The number of aromatic nitrogens is 2. The third-order valence-corrected chi connectivity index (χ3v) is 7.25. The molecule has 5 heterocycles. The first-order valence-electron chi connectivity index (χ1n) is 9.31. The van der Waals surface area contributed by atoms with Gasteiger partial charge in [-0.25, -0.2) is 4.98 Å². The molecular weight excluding hydrogens is 364 g/mol. The Morgan fingerprint density at radius 1 is 1.12 bits per heavy atom. The third kappa shape index (κ3) is 2.88. The fraction of sp³-hybridized carbons (Fsp3) is 0.474. The van der Waals surface area contributed by atoms with Gasteiger partial charge in [0.1, 0.15) is 0 Å². The standard InChI is InChI=1S/C19H22N4OS2/c24-18(22-6-2-1-3-7-22)17-15(23-9-11-26-19(23)20-17)13-21-8-4-16-14(12-21)5-10-25-16/h5,9-11H,1-4,6-8,12-13H2. The van der Waals surface area contributed by atoms with Crippen LogP contribution in [-0.2, 0) is 19.5 Å². The van der Waals surface area contributed by atoms with Crippen LogP contribution in [0.1, 0.15) is 45.9 Å². The van der Waals surface area contributed by atoms with Gasteiger partial charge < -0.3 is 4.90 Å². The Bertz CT molecular complexity index is 935. The van der Waals surface area contributed by atoms with Crippen molar-refractivity contribution in [3.63, 3.8) is 0 Å². The number of likely N-dealkylation sites (tertiary alicyclic amines) is 1. The van der Waals surface area contributed by atoms with Gasteiger partial charge in [-0.05, 0) is 42.7 Å². The number of piperidine rings is 1. The quantitative estimate of drug-likeness (QED) is 0.690. The van der Waals surface area contributed by atoms with E-state index in [1.165, 1.54) is 16.9 Å². The Hall–Kier alpha value is -1.70. The molecule has 26 heavy (non-hydrogen) atoms. The summed E-state index contributed by atoms with van der Waals surface area (Å²) in [5, 5.41) is 4.24. The monoisotopic (exact) mass is 386 g/mol. The molecule has 0 atom stereocenters. The topological polar surface area (TPSA) is 40.9 Å². The molecule has 2 aliphatic rings. The molecule has 0 unspecified atom stereocenters. The summed E-state index contributed by atoms with van der Waals surface area (Å²) in [5.74, 6) is 0.115. The highest BCUT2D eigenvalue weighted by Gasteiger charge is 2.27. The van der Waals surface area contributed by atoms with E-state index in [1.54, 1.807) is 11.3 Å². The molecule has 136 valence electrons. The minimum Gasteiger partial charge on any atom is -0.337 e. The van der Waals surface area contributed by atoms with Crippen LogP contribution in [0.3, 0.4) is 0 Å². The number of hydrogen-bond donors (Lipinski definition) is 0. The second kappa shape index (κ2) is 6.79. The van der Waals surface area contributed by atoms with E-state index in [0.717, 1.165) is 62.6 Å². The number of carbonyl (C=O) groups excluding carboxylic acids is 1. The fourth-order valence-corrected chi connectivity index (χ4v) is 5.68. The van der Waals surface area contributed by atoms with Gasteiger partial charge in [-0.3, -0.25) is 14.1 Å². The highest BCUT2D eigenvalue weighted by atomic mass is 32.1. The van der Waals surface area contributed by atoms with Crippen molar-refractivity contribution in [2.45, 2.75) is 38.8 Å². The number of nitrogens with zero attached hydrogens (tertiary/aromatic N) is 4. The van der Waals surface area contributed by atoms with Crippen LogP contribution in [0.4, 0.5) is 0 Å². The van der Waals surface area contributed by atoms with Crippen LogP contribution in [0, 0.1) is 0 Å². The van der Waals surface area contributed by atoms with Crippen molar-refractivity contribution < 1.29 is 4.79 Å². The lowest BCUT2D eigenvalue weighted by Crippen LogP contribution is -2.37. The van der Waals surface area contributed by atoms with E-state index in [1.807, 2.05) is 21.6 Å². The van der Waals surface area contributed by atoms with Gasteiger partial charge in [0.15, 0.2) is 10.7 Å². The Morgan fingerprint density at radius 3 is 2.88 bits per heavy atom. The molecule has 1 fully saturated rings. The van der Waals surface area contributed by atoms with Crippen molar-refractivity contribution in [3.05, 3.63) is 44.9 Å². The van der Waals surface area contributed by atoms with E-state index >= 15 is 0 Å². The molecule has 2 aliphatic heterocycles. The first-order chi connectivity index (χ1) is 12.8. The highest BCUT2D eigenvalue weighted by molar-refractivity contribution is 7.15. The van der Waals surface area contributed by atoms with Crippen molar-refractivity contribution in [1.82, 2.24) is 19.2 Å². The number of hydrogen-bond acceptors (Lipinski definition) is 5. The SMILES string of the molecule is O=C(c1nc2sccn2c1CN1CCc2sccc2C1)N1CCCCC1. The lowest BCUT2D eigenvalue weighted by molar-refractivity contribution is 0.0716.